The number of methoxy groups -OCH3 is 2. The van der Waals surface area contributed by atoms with E-state index in [2.05, 4.69) is 4.99 Å². The number of benzene rings is 1. The molecule has 1 aliphatic rings. The van der Waals surface area contributed by atoms with Crippen molar-refractivity contribution in [2.75, 3.05) is 14.2 Å². The van der Waals surface area contributed by atoms with E-state index in [4.69, 9.17) is 9.47 Å². The molecule has 1 fully saturated rings. The lowest BCUT2D eigenvalue weighted by atomic mass is 9.85. The summed E-state index contributed by atoms with van der Waals surface area (Å²) in [7, 11) is 3.24. The molecular formula is C15H19NO3. The predicted octanol–water partition coefficient (Wildman–Crippen LogP) is 3.12. The number of ether oxygens (including phenoxy) is 2. The molecule has 0 heterocycles. The molecule has 1 aromatic carbocycles. The Kier molecular flexibility index (Phi) is 3.91. The van der Waals surface area contributed by atoms with Crippen LogP contribution in [0.3, 0.4) is 0 Å². The van der Waals surface area contributed by atoms with Gasteiger partial charge in [-0.2, -0.15) is 4.99 Å². The van der Waals surface area contributed by atoms with Crippen molar-refractivity contribution in [3.8, 4) is 11.5 Å². The van der Waals surface area contributed by atoms with Crippen LogP contribution in [0.2, 0.25) is 0 Å². The lowest BCUT2D eigenvalue weighted by Crippen LogP contribution is -2.20. The van der Waals surface area contributed by atoms with Crippen molar-refractivity contribution in [3.63, 3.8) is 0 Å². The van der Waals surface area contributed by atoms with Crippen LogP contribution >= 0.6 is 0 Å². The molecule has 0 amide bonds. The van der Waals surface area contributed by atoms with Crippen molar-refractivity contribution in [2.24, 2.45) is 4.99 Å². The number of aliphatic imine (C=N–C) groups is 1. The third kappa shape index (κ3) is 2.24. The summed E-state index contributed by atoms with van der Waals surface area (Å²) in [4.78, 5) is 14.9. The Morgan fingerprint density at radius 3 is 2.42 bits per heavy atom. The highest BCUT2D eigenvalue weighted by molar-refractivity contribution is 5.53. The summed E-state index contributed by atoms with van der Waals surface area (Å²) < 4.78 is 10.7. The van der Waals surface area contributed by atoms with Gasteiger partial charge in [-0.3, -0.25) is 0 Å². The highest BCUT2D eigenvalue weighted by Gasteiger charge is 2.37. The zero-order chi connectivity index (χ0) is 13.9. The second kappa shape index (κ2) is 5.45. The molecule has 0 atom stereocenters. The summed E-state index contributed by atoms with van der Waals surface area (Å²) in [6.07, 6.45) is 5.68. The molecule has 4 heteroatoms. The average Bonchev–Trinajstić information content (AvgIpc) is 2.88. The first-order valence-electron chi connectivity index (χ1n) is 6.49. The van der Waals surface area contributed by atoms with Crippen molar-refractivity contribution in [3.05, 3.63) is 23.3 Å². The Morgan fingerprint density at radius 2 is 1.89 bits per heavy atom. The van der Waals surface area contributed by atoms with Gasteiger partial charge < -0.3 is 9.47 Å². The summed E-state index contributed by atoms with van der Waals surface area (Å²) in [5.41, 5.74) is 1.61. The van der Waals surface area contributed by atoms with Crippen molar-refractivity contribution in [1.82, 2.24) is 0 Å². The molecule has 1 saturated carbocycles. The molecule has 102 valence electrons. The van der Waals surface area contributed by atoms with Crippen LogP contribution in [0.1, 0.15) is 36.8 Å². The van der Waals surface area contributed by atoms with Crippen molar-refractivity contribution in [1.29, 1.82) is 0 Å². The summed E-state index contributed by atoms with van der Waals surface area (Å²) in [6, 6.07) is 3.87. The summed E-state index contributed by atoms with van der Waals surface area (Å²) >= 11 is 0. The quantitative estimate of drug-likeness (QED) is 0.618. The van der Waals surface area contributed by atoms with E-state index < -0.39 is 5.54 Å². The number of hydrogen-bond donors (Lipinski definition) is 0. The van der Waals surface area contributed by atoms with Crippen LogP contribution in [0.5, 0.6) is 11.5 Å². The van der Waals surface area contributed by atoms with Gasteiger partial charge in [-0.05, 0) is 31.4 Å². The van der Waals surface area contributed by atoms with Gasteiger partial charge in [0, 0.05) is 5.56 Å². The van der Waals surface area contributed by atoms with Crippen LogP contribution in [0, 0.1) is 6.92 Å². The van der Waals surface area contributed by atoms with Gasteiger partial charge in [0.05, 0.1) is 19.8 Å². The molecule has 0 N–H and O–H groups in total. The lowest BCUT2D eigenvalue weighted by Gasteiger charge is -2.26. The minimum absolute atomic E-state index is 0.425. The highest BCUT2D eigenvalue weighted by Crippen LogP contribution is 2.46. The van der Waals surface area contributed by atoms with E-state index in [1.165, 1.54) is 0 Å². The minimum atomic E-state index is -0.425. The van der Waals surface area contributed by atoms with Gasteiger partial charge >= 0.3 is 0 Å². The Hall–Kier alpha value is -1.80. The zero-order valence-electron chi connectivity index (χ0n) is 11.7. The SMILES string of the molecule is COc1ccc(C2(N=C=O)CCCC2)c(C)c1OC. The molecule has 19 heavy (non-hydrogen) atoms. The highest BCUT2D eigenvalue weighted by atomic mass is 16.5. The molecule has 1 aliphatic carbocycles. The first kappa shape index (κ1) is 13.6. The monoisotopic (exact) mass is 261 g/mol. The van der Waals surface area contributed by atoms with E-state index >= 15 is 0 Å². The molecule has 0 aromatic heterocycles. The van der Waals surface area contributed by atoms with E-state index in [-0.39, 0.29) is 0 Å². The number of hydrogen-bond acceptors (Lipinski definition) is 4. The summed E-state index contributed by atoms with van der Waals surface area (Å²) in [5.74, 6) is 1.42. The van der Waals surface area contributed by atoms with Crippen LogP contribution in [0.4, 0.5) is 0 Å². The van der Waals surface area contributed by atoms with Gasteiger partial charge in [0.15, 0.2) is 11.5 Å². The second-order valence-corrected chi connectivity index (χ2v) is 4.92. The van der Waals surface area contributed by atoms with Crippen LogP contribution in [-0.4, -0.2) is 20.3 Å². The number of carbonyl (C=O) groups excluding carboxylic acids is 1. The third-order valence-corrected chi connectivity index (χ3v) is 3.99. The zero-order valence-corrected chi connectivity index (χ0v) is 11.7. The van der Waals surface area contributed by atoms with Crippen LogP contribution in [0.25, 0.3) is 0 Å². The Morgan fingerprint density at radius 1 is 1.21 bits per heavy atom. The number of rotatable bonds is 4. The maximum Gasteiger partial charge on any atom is 0.235 e. The van der Waals surface area contributed by atoms with E-state index in [1.54, 1.807) is 20.3 Å². The molecule has 0 aliphatic heterocycles. The van der Waals surface area contributed by atoms with Gasteiger partial charge in [-0.25, -0.2) is 4.79 Å². The largest absolute Gasteiger partial charge is 0.493 e. The number of nitrogens with zero attached hydrogens (tertiary/aromatic N) is 1. The summed E-state index contributed by atoms with van der Waals surface area (Å²) in [5, 5.41) is 0. The predicted molar refractivity (Wildman–Crippen MR) is 72.6 cm³/mol. The van der Waals surface area contributed by atoms with Crippen molar-refractivity contribution >= 4 is 6.08 Å². The van der Waals surface area contributed by atoms with Gasteiger partial charge in [-0.1, -0.05) is 18.9 Å². The van der Waals surface area contributed by atoms with Gasteiger partial charge in [0.2, 0.25) is 6.08 Å². The van der Waals surface area contributed by atoms with E-state index in [1.807, 2.05) is 19.1 Å². The van der Waals surface area contributed by atoms with E-state index in [0.29, 0.717) is 11.5 Å². The van der Waals surface area contributed by atoms with Crippen LogP contribution < -0.4 is 9.47 Å². The van der Waals surface area contributed by atoms with Crippen LogP contribution in [0.15, 0.2) is 17.1 Å². The fourth-order valence-corrected chi connectivity index (χ4v) is 3.07. The first-order valence-corrected chi connectivity index (χ1v) is 6.49. The maximum absolute atomic E-state index is 10.8. The Balaban J connectivity index is 2.58. The van der Waals surface area contributed by atoms with Crippen LogP contribution in [-0.2, 0) is 10.3 Å². The van der Waals surface area contributed by atoms with E-state index in [0.717, 1.165) is 36.8 Å². The third-order valence-electron chi connectivity index (χ3n) is 3.99. The molecule has 2 rings (SSSR count). The Labute approximate surface area is 113 Å². The van der Waals surface area contributed by atoms with Gasteiger partial charge in [-0.15, -0.1) is 0 Å². The summed E-state index contributed by atoms with van der Waals surface area (Å²) in [6.45, 7) is 1.98. The average molecular weight is 261 g/mol. The molecule has 0 bridgehead atoms. The molecule has 0 unspecified atom stereocenters. The maximum atomic E-state index is 10.8. The lowest BCUT2D eigenvalue weighted by molar-refractivity contribution is 0.349. The molecule has 0 saturated heterocycles. The molecule has 1 aromatic rings. The smallest absolute Gasteiger partial charge is 0.235 e. The minimum Gasteiger partial charge on any atom is -0.493 e. The van der Waals surface area contributed by atoms with Crippen molar-refractivity contribution < 1.29 is 14.3 Å². The van der Waals surface area contributed by atoms with Gasteiger partial charge in [0.25, 0.3) is 0 Å². The number of isocyanates is 1. The topological polar surface area (TPSA) is 47.9 Å². The Bertz CT molecular complexity index is 512. The van der Waals surface area contributed by atoms with E-state index in [9.17, 15) is 4.79 Å². The molecule has 0 spiro atoms. The second-order valence-electron chi connectivity index (χ2n) is 4.92. The molecule has 4 nitrogen and oxygen atoms in total. The fourth-order valence-electron chi connectivity index (χ4n) is 3.07. The van der Waals surface area contributed by atoms with Crippen molar-refractivity contribution in [2.45, 2.75) is 38.1 Å². The normalized spacial score (nSPS) is 16.8. The fraction of sp³-hybridized carbons (Fsp3) is 0.533. The standard InChI is InChI=1S/C15H19NO3/c1-11-12(6-7-13(18-2)14(11)19-3)15(16-10-17)8-4-5-9-15/h6-7H,4-5,8-9H2,1-3H3. The molecular weight excluding hydrogens is 242 g/mol. The van der Waals surface area contributed by atoms with Gasteiger partial charge in [0.1, 0.15) is 0 Å². The molecule has 0 radical (unpaired) electrons. The first-order chi connectivity index (χ1) is 9.18.